The van der Waals surface area contributed by atoms with Gasteiger partial charge in [-0.05, 0) is 55.1 Å². The first-order valence-corrected chi connectivity index (χ1v) is 10.2. The second-order valence-electron chi connectivity index (χ2n) is 7.46. The summed E-state index contributed by atoms with van der Waals surface area (Å²) in [5, 5.41) is 2.97. The average molecular weight is 416 g/mol. The van der Waals surface area contributed by atoms with Crippen LogP contribution in [0.1, 0.15) is 18.4 Å². The summed E-state index contributed by atoms with van der Waals surface area (Å²) in [5.74, 6) is 1.29. The second-order valence-corrected chi connectivity index (χ2v) is 7.46. The van der Waals surface area contributed by atoms with Gasteiger partial charge in [0.1, 0.15) is 0 Å². The third kappa shape index (κ3) is 6.10. The molecule has 0 aromatic heterocycles. The number of carbonyl (C=O) groups excluding carboxylic acids is 1. The van der Waals surface area contributed by atoms with E-state index in [-0.39, 0.29) is 24.1 Å². The highest BCUT2D eigenvalue weighted by molar-refractivity contribution is 5.77. The maximum Gasteiger partial charge on any atom is 0.257 e. The molecule has 162 valence electrons. The summed E-state index contributed by atoms with van der Waals surface area (Å²) < 4.78 is 29.5. The highest BCUT2D eigenvalue weighted by atomic mass is 19.1. The van der Waals surface area contributed by atoms with E-state index in [9.17, 15) is 9.18 Å². The van der Waals surface area contributed by atoms with Crippen molar-refractivity contribution in [1.82, 2.24) is 10.2 Å². The Balaban J connectivity index is 1.44. The smallest absolute Gasteiger partial charge is 0.257 e. The third-order valence-electron chi connectivity index (χ3n) is 5.24. The number of piperidine rings is 1. The van der Waals surface area contributed by atoms with Gasteiger partial charge in [-0.25, -0.2) is 4.39 Å². The number of nitrogens with zero attached hydrogens (tertiary/aromatic N) is 1. The van der Waals surface area contributed by atoms with Gasteiger partial charge in [0, 0.05) is 19.6 Å². The molecule has 1 aliphatic heterocycles. The summed E-state index contributed by atoms with van der Waals surface area (Å²) >= 11 is 0. The van der Waals surface area contributed by atoms with E-state index in [4.69, 9.17) is 14.2 Å². The second kappa shape index (κ2) is 10.8. The molecule has 1 atom stereocenters. The summed E-state index contributed by atoms with van der Waals surface area (Å²) in [6.45, 7) is 3.16. The molecule has 7 heteroatoms. The van der Waals surface area contributed by atoms with Crippen LogP contribution in [0.25, 0.3) is 0 Å². The van der Waals surface area contributed by atoms with Crippen LogP contribution in [0.3, 0.4) is 0 Å². The van der Waals surface area contributed by atoms with Gasteiger partial charge in [0.05, 0.1) is 14.2 Å². The van der Waals surface area contributed by atoms with Crippen molar-refractivity contribution in [3.05, 3.63) is 53.8 Å². The van der Waals surface area contributed by atoms with Crippen molar-refractivity contribution < 1.29 is 23.4 Å². The molecule has 1 amide bonds. The SMILES string of the molecule is COc1cc(CN2CCCC(CNC(=O)COc3ccccc3OC)C2)ccc1F. The molecule has 3 rings (SSSR count). The molecule has 1 heterocycles. The Morgan fingerprint density at radius 3 is 2.67 bits per heavy atom. The number of nitrogens with one attached hydrogen (secondary N) is 1. The van der Waals surface area contributed by atoms with Gasteiger partial charge < -0.3 is 19.5 Å². The Hall–Kier alpha value is -2.80. The molecule has 0 aliphatic carbocycles. The number of ether oxygens (including phenoxy) is 3. The van der Waals surface area contributed by atoms with Crippen molar-refractivity contribution in [3.63, 3.8) is 0 Å². The lowest BCUT2D eigenvalue weighted by atomic mass is 9.97. The van der Waals surface area contributed by atoms with Gasteiger partial charge in [-0.15, -0.1) is 0 Å². The number of likely N-dealkylation sites (tertiary alicyclic amines) is 1. The molecule has 1 N–H and O–H groups in total. The van der Waals surface area contributed by atoms with E-state index in [0.717, 1.165) is 38.0 Å². The molecule has 2 aromatic rings. The van der Waals surface area contributed by atoms with Gasteiger partial charge in [-0.3, -0.25) is 9.69 Å². The fraction of sp³-hybridized carbons (Fsp3) is 0.435. The molecule has 1 fully saturated rings. The minimum absolute atomic E-state index is 0.0494. The zero-order valence-corrected chi connectivity index (χ0v) is 17.5. The fourth-order valence-corrected chi connectivity index (χ4v) is 3.71. The third-order valence-corrected chi connectivity index (χ3v) is 5.24. The van der Waals surface area contributed by atoms with Crippen molar-refractivity contribution in [2.45, 2.75) is 19.4 Å². The van der Waals surface area contributed by atoms with Crippen molar-refractivity contribution in [2.75, 3.05) is 40.5 Å². The Bertz CT molecular complexity index is 846. The van der Waals surface area contributed by atoms with Crippen molar-refractivity contribution in [1.29, 1.82) is 0 Å². The molecule has 0 bridgehead atoms. The van der Waals surface area contributed by atoms with Crippen LogP contribution in [0.15, 0.2) is 42.5 Å². The van der Waals surface area contributed by atoms with E-state index < -0.39 is 0 Å². The molecule has 1 aliphatic rings. The number of hydrogen-bond acceptors (Lipinski definition) is 5. The van der Waals surface area contributed by atoms with Crippen LogP contribution in [0, 0.1) is 11.7 Å². The maximum absolute atomic E-state index is 13.6. The minimum atomic E-state index is -0.351. The quantitative estimate of drug-likeness (QED) is 0.680. The summed E-state index contributed by atoms with van der Waals surface area (Å²) in [4.78, 5) is 14.5. The van der Waals surface area contributed by atoms with Crippen molar-refractivity contribution in [2.24, 2.45) is 5.92 Å². The van der Waals surface area contributed by atoms with E-state index in [0.29, 0.717) is 24.0 Å². The lowest BCUT2D eigenvalue weighted by molar-refractivity contribution is -0.123. The Labute approximate surface area is 176 Å². The summed E-state index contributed by atoms with van der Waals surface area (Å²) in [6, 6.07) is 12.2. The fourth-order valence-electron chi connectivity index (χ4n) is 3.71. The van der Waals surface area contributed by atoms with Crippen LogP contribution in [0.2, 0.25) is 0 Å². The molecule has 0 saturated carbocycles. The molecular formula is C23H29FN2O4. The predicted octanol–water partition coefficient (Wildman–Crippen LogP) is 3.25. The molecule has 0 spiro atoms. The van der Waals surface area contributed by atoms with Crippen molar-refractivity contribution in [3.8, 4) is 17.2 Å². The minimum Gasteiger partial charge on any atom is -0.494 e. The van der Waals surface area contributed by atoms with E-state index in [1.807, 2.05) is 12.1 Å². The van der Waals surface area contributed by atoms with Crippen LogP contribution in [0.4, 0.5) is 4.39 Å². The number of rotatable bonds is 9. The highest BCUT2D eigenvalue weighted by Gasteiger charge is 2.21. The lowest BCUT2D eigenvalue weighted by Gasteiger charge is -2.33. The van der Waals surface area contributed by atoms with E-state index >= 15 is 0 Å². The van der Waals surface area contributed by atoms with Gasteiger partial charge in [0.25, 0.3) is 5.91 Å². The molecular weight excluding hydrogens is 387 g/mol. The first-order chi connectivity index (χ1) is 14.6. The average Bonchev–Trinajstić information content (AvgIpc) is 2.78. The van der Waals surface area contributed by atoms with Crippen LogP contribution in [0.5, 0.6) is 17.2 Å². The zero-order valence-electron chi connectivity index (χ0n) is 17.5. The Kier molecular flexibility index (Phi) is 7.90. The number of methoxy groups -OCH3 is 2. The lowest BCUT2D eigenvalue weighted by Crippen LogP contribution is -2.41. The number of hydrogen-bond donors (Lipinski definition) is 1. The van der Waals surface area contributed by atoms with Crippen LogP contribution in [-0.2, 0) is 11.3 Å². The topological polar surface area (TPSA) is 60.0 Å². The number of para-hydroxylation sites is 2. The zero-order chi connectivity index (χ0) is 21.3. The van der Waals surface area contributed by atoms with Crippen LogP contribution >= 0.6 is 0 Å². The monoisotopic (exact) mass is 416 g/mol. The van der Waals surface area contributed by atoms with E-state index in [1.54, 1.807) is 31.4 Å². The van der Waals surface area contributed by atoms with Crippen molar-refractivity contribution >= 4 is 5.91 Å². The van der Waals surface area contributed by atoms with Gasteiger partial charge in [0.15, 0.2) is 29.7 Å². The van der Waals surface area contributed by atoms with Gasteiger partial charge in [-0.1, -0.05) is 18.2 Å². The number of amides is 1. The summed E-state index contributed by atoms with van der Waals surface area (Å²) in [6.07, 6.45) is 2.13. The summed E-state index contributed by atoms with van der Waals surface area (Å²) in [5.41, 5.74) is 1.02. The van der Waals surface area contributed by atoms with E-state index in [2.05, 4.69) is 10.2 Å². The molecule has 2 aromatic carbocycles. The van der Waals surface area contributed by atoms with Crippen LogP contribution < -0.4 is 19.5 Å². The molecule has 30 heavy (non-hydrogen) atoms. The number of benzene rings is 2. The first kappa shape index (κ1) is 21.9. The molecule has 1 unspecified atom stereocenters. The van der Waals surface area contributed by atoms with Crippen LogP contribution in [-0.4, -0.2) is 51.3 Å². The summed E-state index contributed by atoms with van der Waals surface area (Å²) in [7, 11) is 3.04. The van der Waals surface area contributed by atoms with Gasteiger partial charge in [0.2, 0.25) is 0 Å². The highest BCUT2D eigenvalue weighted by Crippen LogP contribution is 2.25. The number of carbonyl (C=O) groups is 1. The molecule has 6 nitrogen and oxygen atoms in total. The first-order valence-electron chi connectivity index (χ1n) is 10.2. The maximum atomic E-state index is 13.6. The molecule has 0 radical (unpaired) electrons. The van der Waals surface area contributed by atoms with Gasteiger partial charge >= 0.3 is 0 Å². The molecule has 1 saturated heterocycles. The largest absolute Gasteiger partial charge is 0.494 e. The number of halogens is 1. The Morgan fingerprint density at radius 1 is 1.13 bits per heavy atom. The van der Waals surface area contributed by atoms with Gasteiger partial charge in [-0.2, -0.15) is 0 Å². The Morgan fingerprint density at radius 2 is 1.90 bits per heavy atom. The predicted molar refractivity (Wildman–Crippen MR) is 112 cm³/mol. The normalized spacial score (nSPS) is 16.7. The van der Waals surface area contributed by atoms with E-state index in [1.165, 1.54) is 13.2 Å². The standard InChI is InChI=1S/C23H29FN2O4/c1-28-20-7-3-4-8-21(20)30-16-23(27)25-13-18-6-5-11-26(15-18)14-17-9-10-19(24)22(12-17)29-2/h3-4,7-10,12,18H,5-6,11,13-16H2,1-2H3,(H,25,27).